The quantitative estimate of drug-likeness (QED) is 0.795. The first-order chi connectivity index (χ1) is 9.22. The molecule has 1 fully saturated rings. The van der Waals surface area contributed by atoms with Crippen molar-refractivity contribution in [1.29, 1.82) is 0 Å². The zero-order valence-electron chi connectivity index (χ0n) is 10.5. The second-order valence-corrected chi connectivity index (χ2v) is 5.85. The fraction of sp³-hybridized carbons (Fsp3) is 0.357. The van der Waals surface area contributed by atoms with Gasteiger partial charge < -0.3 is 15.6 Å². The van der Waals surface area contributed by atoms with Crippen LogP contribution in [-0.4, -0.2) is 30.0 Å². The van der Waals surface area contributed by atoms with Crippen molar-refractivity contribution in [1.82, 2.24) is 15.6 Å². The minimum Gasteiger partial charge on any atom is -0.350 e. The molecule has 100 valence electrons. The Bertz CT molecular complexity index is 602. The minimum absolute atomic E-state index is 0.0268. The number of carbonyl (C=O) groups is 1. The monoisotopic (exact) mass is 321 g/mol. The summed E-state index contributed by atoms with van der Waals surface area (Å²) in [6.07, 6.45) is 2.16. The van der Waals surface area contributed by atoms with E-state index in [0.717, 1.165) is 41.3 Å². The van der Waals surface area contributed by atoms with Crippen LogP contribution in [0, 0.1) is 0 Å². The standard InChI is InChI=1S/C14H16BrN3O/c15-10-4-3-9-6-13(18-12(9)7-10)14(19)17-11-2-1-5-16-8-11/h3-4,6-7,11,16,18H,1-2,5,8H2,(H,17,19)/t11-/m1/s1. The number of hydrogen-bond acceptors (Lipinski definition) is 2. The molecule has 0 saturated carbocycles. The highest BCUT2D eigenvalue weighted by Crippen LogP contribution is 2.20. The lowest BCUT2D eigenvalue weighted by Crippen LogP contribution is -2.45. The van der Waals surface area contributed by atoms with Gasteiger partial charge in [-0.1, -0.05) is 22.0 Å². The first kappa shape index (κ1) is 12.7. The molecule has 1 aliphatic rings. The number of piperidine rings is 1. The van der Waals surface area contributed by atoms with Crippen LogP contribution in [0.1, 0.15) is 23.3 Å². The molecular weight excluding hydrogens is 306 g/mol. The van der Waals surface area contributed by atoms with Gasteiger partial charge in [-0.05, 0) is 37.6 Å². The first-order valence-electron chi connectivity index (χ1n) is 6.52. The molecule has 0 bridgehead atoms. The predicted molar refractivity (Wildman–Crippen MR) is 79.4 cm³/mol. The molecule has 3 rings (SSSR count). The van der Waals surface area contributed by atoms with Crippen LogP contribution in [0.15, 0.2) is 28.7 Å². The van der Waals surface area contributed by atoms with Gasteiger partial charge in [-0.3, -0.25) is 4.79 Å². The Balaban J connectivity index is 1.77. The first-order valence-corrected chi connectivity index (χ1v) is 7.31. The van der Waals surface area contributed by atoms with E-state index in [9.17, 15) is 4.79 Å². The molecule has 1 aromatic carbocycles. The van der Waals surface area contributed by atoms with Crippen molar-refractivity contribution in [2.45, 2.75) is 18.9 Å². The van der Waals surface area contributed by atoms with Gasteiger partial charge in [0.05, 0.1) is 0 Å². The summed E-state index contributed by atoms with van der Waals surface area (Å²) in [5.74, 6) is -0.0268. The number of carbonyl (C=O) groups excluding carboxylic acids is 1. The Morgan fingerprint density at radius 1 is 1.37 bits per heavy atom. The van der Waals surface area contributed by atoms with Gasteiger partial charge in [-0.25, -0.2) is 0 Å². The summed E-state index contributed by atoms with van der Waals surface area (Å²) in [7, 11) is 0. The van der Waals surface area contributed by atoms with Gasteiger partial charge in [0.15, 0.2) is 0 Å². The Morgan fingerprint density at radius 2 is 2.26 bits per heavy atom. The lowest BCUT2D eigenvalue weighted by molar-refractivity contribution is 0.0926. The van der Waals surface area contributed by atoms with Crippen LogP contribution in [0.2, 0.25) is 0 Å². The summed E-state index contributed by atoms with van der Waals surface area (Å²) in [6, 6.07) is 8.08. The molecule has 19 heavy (non-hydrogen) atoms. The van der Waals surface area contributed by atoms with Crippen LogP contribution in [0.4, 0.5) is 0 Å². The van der Waals surface area contributed by atoms with Gasteiger partial charge in [-0.2, -0.15) is 0 Å². The van der Waals surface area contributed by atoms with Crippen molar-refractivity contribution < 1.29 is 4.79 Å². The summed E-state index contributed by atoms with van der Waals surface area (Å²) in [5.41, 5.74) is 1.60. The molecule has 0 aliphatic carbocycles. The molecule has 1 aliphatic heterocycles. The number of halogens is 1. The maximum absolute atomic E-state index is 12.2. The maximum Gasteiger partial charge on any atom is 0.267 e. The number of H-pyrrole nitrogens is 1. The molecule has 4 nitrogen and oxygen atoms in total. The molecule has 1 aromatic heterocycles. The smallest absolute Gasteiger partial charge is 0.267 e. The van der Waals surface area contributed by atoms with Gasteiger partial charge in [-0.15, -0.1) is 0 Å². The van der Waals surface area contributed by atoms with Crippen LogP contribution >= 0.6 is 15.9 Å². The van der Waals surface area contributed by atoms with Gasteiger partial charge in [0.1, 0.15) is 5.69 Å². The second kappa shape index (κ2) is 5.35. The van der Waals surface area contributed by atoms with E-state index in [1.807, 2.05) is 24.3 Å². The number of rotatable bonds is 2. The molecule has 0 unspecified atom stereocenters. The molecule has 5 heteroatoms. The van der Waals surface area contributed by atoms with Gasteiger partial charge >= 0.3 is 0 Å². The zero-order chi connectivity index (χ0) is 13.2. The van der Waals surface area contributed by atoms with Crippen LogP contribution in [-0.2, 0) is 0 Å². The van der Waals surface area contributed by atoms with Crippen molar-refractivity contribution in [3.05, 3.63) is 34.4 Å². The third kappa shape index (κ3) is 2.82. The van der Waals surface area contributed by atoms with E-state index >= 15 is 0 Å². The topological polar surface area (TPSA) is 56.9 Å². The fourth-order valence-corrected chi connectivity index (χ4v) is 2.82. The molecule has 1 saturated heterocycles. The summed E-state index contributed by atoms with van der Waals surface area (Å²) in [6.45, 7) is 1.91. The number of amides is 1. The van der Waals surface area contributed by atoms with Crippen LogP contribution in [0.5, 0.6) is 0 Å². The lowest BCUT2D eigenvalue weighted by atomic mass is 10.1. The largest absolute Gasteiger partial charge is 0.350 e. The van der Waals surface area contributed by atoms with E-state index in [2.05, 4.69) is 31.5 Å². The van der Waals surface area contributed by atoms with Gasteiger partial charge in [0.2, 0.25) is 0 Å². The van der Waals surface area contributed by atoms with Crippen molar-refractivity contribution in [2.75, 3.05) is 13.1 Å². The number of aromatic amines is 1. The Kier molecular flexibility index (Phi) is 3.57. The van der Waals surface area contributed by atoms with Crippen molar-refractivity contribution in [3.63, 3.8) is 0 Å². The van der Waals surface area contributed by atoms with Crippen LogP contribution in [0.25, 0.3) is 10.9 Å². The Morgan fingerprint density at radius 3 is 3.05 bits per heavy atom. The number of benzene rings is 1. The molecule has 1 amide bonds. The SMILES string of the molecule is O=C(N[C@@H]1CCCNC1)c1cc2ccc(Br)cc2[nH]1. The van der Waals surface area contributed by atoms with Crippen LogP contribution < -0.4 is 10.6 Å². The highest BCUT2D eigenvalue weighted by Gasteiger charge is 2.17. The average Bonchev–Trinajstić information content (AvgIpc) is 2.83. The van der Waals surface area contributed by atoms with E-state index in [0.29, 0.717) is 5.69 Å². The van der Waals surface area contributed by atoms with E-state index in [-0.39, 0.29) is 11.9 Å². The lowest BCUT2D eigenvalue weighted by Gasteiger charge is -2.23. The van der Waals surface area contributed by atoms with Crippen LogP contribution in [0.3, 0.4) is 0 Å². The maximum atomic E-state index is 12.2. The molecule has 0 radical (unpaired) electrons. The van der Waals surface area contributed by atoms with Crippen molar-refractivity contribution in [2.24, 2.45) is 0 Å². The molecule has 3 N–H and O–H groups in total. The molecule has 2 heterocycles. The summed E-state index contributed by atoms with van der Waals surface area (Å²) < 4.78 is 1.00. The number of hydrogen-bond donors (Lipinski definition) is 3. The Labute approximate surface area is 120 Å². The summed E-state index contributed by atoms with van der Waals surface area (Å²) in [4.78, 5) is 15.3. The van der Waals surface area contributed by atoms with Crippen molar-refractivity contribution >= 4 is 32.7 Å². The second-order valence-electron chi connectivity index (χ2n) is 4.93. The molecule has 1 atom stereocenters. The van der Waals surface area contributed by atoms with Crippen molar-refractivity contribution in [3.8, 4) is 0 Å². The highest BCUT2D eigenvalue weighted by molar-refractivity contribution is 9.10. The summed E-state index contributed by atoms with van der Waals surface area (Å²) >= 11 is 3.43. The third-order valence-corrected chi connectivity index (χ3v) is 3.95. The van der Waals surface area contributed by atoms with Gasteiger partial charge in [0, 0.05) is 28.0 Å². The summed E-state index contributed by atoms with van der Waals surface area (Å²) in [5, 5.41) is 7.41. The number of fused-ring (bicyclic) bond motifs is 1. The zero-order valence-corrected chi connectivity index (χ0v) is 12.1. The fourth-order valence-electron chi connectivity index (χ4n) is 2.46. The van der Waals surface area contributed by atoms with E-state index < -0.39 is 0 Å². The highest BCUT2D eigenvalue weighted by atomic mass is 79.9. The van der Waals surface area contributed by atoms with E-state index in [4.69, 9.17) is 0 Å². The predicted octanol–water partition coefficient (Wildman–Crippen LogP) is 2.41. The third-order valence-electron chi connectivity index (χ3n) is 3.46. The minimum atomic E-state index is -0.0268. The number of nitrogens with one attached hydrogen (secondary N) is 3. The van der Waals surface area contributed by atoms with E-state index in [1.165, 1.54) is 0 Å². The number of aromatic nitrogens is 1. The average molecular weight is 322 g/mol. The molecule has 0 spiro atoms. The molecular formula is C14H16BrN3O. The van der Waals surface area contributed by atoms with Gasteiger partial charge in [0.25, 0.3) is 5.91 Å². The van der Waals surface area contributed by atoms with E-state index in [1.54, 1.807) is 0 Å². The normalized spacial score (nSPS) is 19.5. The Hall–Kier alpha value is -1.33. The molecule has 2 aromatic rings.